The van der Waals surface area contributed by atoms with Gasteiger partial charge in [0.25, 0.3) is 0 Å². The average Bonchev–Trinajstić information content (AvgIpc) is 2.41. The predicted octanol–water partition coefficient (Wildman–Crippen LogP) is 2.44. The Bertz CT molecular complexity index is 355. The maximum atomic E-state index is 5.05. The van der Waals surface area contributed by atoms with Gasteiger partial charge in [-0.2, -0.15) is 0 Å². The fraction of sp³-hybridized carbons (Fsp3) is 0.667. The van der Waals surface area contributed by atoms with Gasteiger partial charge >= 0.3 is 0 Å². The van der Waals surface area contributed by atoms with Gasteiger partial charge < -0.3 is 15.0 Å². The van der Waals surface area contributed by atoms with Crippen molar-refractivity contribution < 1.29 is 4.74 Å². The molecule has 0 aliphatic rings. The summed E-state index contributed by atoms with van der Waals surface area (Å²) in [4.78, 5) is 6.94. The van der Waals surface area contributed by atoms with Crippen LogP contribution in [-0.2, 0) is 11.3 Å². The molecule has 0 spiro atoms. The molecule has 0 atom stereocenters. The molecule has 1 heterocycles. The molecule has 1 N–H and O–H groups in total. The van der Waals surface area contributed by atoms with Gasteiger partial charge in [0.15, 0.2) is 0 Å². The number of nitrogens with one attached hydrogen (secondary N) is 1. The number of hydrogen-bond acceptors (Lipinski definition) is 4. The lowest BCUT2D eigenvalue weighted by atomic mass is 10.2. The molecule has 0 bridgehead atoms. The van der Waals surface area contributed by atoms with Gasteiger partial charge in [-0.1, -0.05) is 13.0 Å². The van der Waals surface area contributed by atoms with E-state index in [1.165, 1.54) is 5.56 Å². The van der Waals surface area contributed by atoms with E-state index in [4.69, 9.17) is 4.74 Å². The molecule has 0 unspecified atom stereocenters. The van der Waals surface area contributed by atoms with Gasteiger partial charge in [0.05, 0.1) is 6.61 Å². The Morgan fingerprint density at radius 3 is 2.84 bits per heavy atom. The number of aromatic nitrogens is 1. The van der Waals surface area contributed by atoms with Crippen LogP contribution in [0.15, 0.2) is 18.3 Å². The van der Waals surface area contributed by atoms with Crippen LogP contribution in [0.5, 0.6) is 0 Å². The van der Waals surface area contributed by atoms with Crippen molar-refractivity contribution in [3.05, 3.63) is 23.9 Å². The monoisotopic (exact) mass is 265 g/mol. The number of pyridine rings is 1. The zero-order chi connectivity index (χ0) is 14.1. The number of nitrogens with zero attached hydrogens (tertiary/aromatic N) is 2. The van der Waals surface area contributed by atoms with Crippen LogP contribution in [0.1, 0.15) is 32.8 Å². The van der Waals surface area contributed by atoms with Crippen molar-refractivity contribution in [2.24, 2.45) is 0 Å². The zero-order valence-electron chi connectivity index (χ0n) is 12.6. The minimum Gasteiger partial charge on any atom is -0.383 e. The molecule has 1 aromatic heterocycles. The Kier molecular flexibility index (Phi) is 7.45. The van der Waals surface area contributed by atoms with Crippen molar-refractivity contribution in [3.8, 4) is 0 Å². The third-order valence-electron chi connectivity index (χ3n) is 3.03. The quantitative estimate of drug-likeness (QED) is 0.696. The molecule has 0 saturated carbocycles. The van der Waals surface area contributed by atoms with Crippen LogP contribution in [-0.4, -0.2) is 37.8 Å². The Labute approximate surface area is 117 Å². The molecule has 4 heteroatoms. The highest BCUT2D eigenvalue weighted by atomic mass is 16.5. The van der Waals surface area contributed by atoms with E-state index < -0.39 is 0 Å². The van der Waals surface area contributed by atoms with Gasteiger partial charge in [0, 0.05) is 44.5 Å². The molecular weight excluding hydrogens is 238 g/mol. The smallest absolute Gasteiger partial charge is 0.133 e. The van der Waals surface area contributed by atoms with Crippen LogP contribution in [0.3, 0.4) is 0 Å². The molecule has 0 aromatic carbocycles. The van der Waals surface area contributed by atoms with Crippen LogP contribution >= 0.6 is 0 Å². The van der Waals surface area contributed by atoms with Gasteiger partial charge in [-0.15, -0.1) is 0 Å². The van der Waals surface area contributed by atoms with Crippen molar-refractivity contribution in [1.29, 1.82) is 0 Å². The Balaban J connectivity index is 2.75. The highest BCUT2D eigenvalue weighted by molar-refractivity contribution is 5.47. The first-order chi connectivity index (χ1) is 9.20. The molecular formula is C15H27N3O. The summed E-state index contributed by atoms with van der Waals surface area (Å²) in [7, 11) is 1.72. The number of rotatable bonds is 9. The van der Waals surface area contributed by atoms with E-state index in [9.17, 15) is 0 Å². The Morgan fingerprint density at radius 2 is 2.21 bits per heavy atom. The lowest BCUT2D eigenvalue weighted by molar-refractivity contribution is 0.199. The van der Waals surface area contributed by atoms with Crippen molar-refractivity contribution >= 4 is 5.82 Å². The summed E-state index contributed by atoms with van der Waals surface area (Å²) in [5.41, 5.74) is 1.25. The molecule has 0 saturated heterocycles. The van der Waals surface area contributed by atoms with E-state index >= 15 is 0 Å². The molecule has 0 amide bonds. The van der Waals surface area contributed by atoms with Crippen LogP contribution in [0, 0.1) is 0 Å². The average molecular weight is 265 g/mol. The molecule has 0 radical (unpaired) electrons. The predicted molar refractivity (Wildman–Crippen MR) is 80.6 cm³/mol. The van der Waals surface area contributed by atoms with Gasteiger partial charge in [0.1, 0.15) is 5.82 Å². The lowest BCUT2D eigenvalue weighted by Gasteiger charge is -2.29. The molecule has 1 aromatic rings. The number of methoxy groups -OCH3 is 1. The Morgan fingerprint density at radius 1 is 1.42 bits per heavy atom. The van der Waals surface area contributed by atoms with E-state index in [0.717, 1.165) is 38.5 Å². The topological polar surface area (TPSA) is 37.4 Å². The maximum Gasteiger partial charge on any atom is 0.133 e. The summed E-state index contributed by atoms with van der Waals surface area (Å²) in [5.74, 6) is 1.10. The molecule has 108 valence electrons. The molecule has 0 aliphatic carbocycles. The largest absolute Gasteiger partial charge is 0.383 e. The van der Waals surface area contributed by atoms with Crippen molar-refractivity contribution in [3.63, 3.8) is 0 Å². The first-order valence-corrected chi connectivity index (χ1v) is 7.10. The molecule has 4 nitrogen and oxygen atoms in total. The van der Waals surface area contributed by atoms with Crippen LogP contribution in [0.2, 0.25) is 0 Å². The summed E-state index contributed by atoms with van der Waals surface area (Å²) in [6.45, 7) is 10.1. The SMILES string of the molecule is CCCN(c1ncccc1CNCCOC)C(C)C. The summed E-state index contributed by atoms with van der Waals surface area (Å²) < 4.78 is 5.05. The number of anilines is 1. The first-order valence-electron chi connectivity index (χ1n) is 7.10. The van der Waals surface area contributed by atoms with Gasteiger partial charge in [0.2, 0.25) is 0 Å². The second-order valence-corrected chi connectivity index (χ2v) is 4.94. The second-order valence-electron chi connectivity index (χ2n) is 4.94. The van der Waals surface area contributed by atoms with Crippen LogP contribution in [0.4, 0.5) is 5.82 Å². The van der Waals surface area contributed by atoms with Gasteiger partial charge in [-0.05, 0) is 26.3 Å². The standard InChI is InChI=1S/C15H27N3O/c1-5-10-18(13(2)3)15-14(7-6-8-17-15)12-16-9-11-19-4/h6-8,13,16H,5,9-12H2,1-4H3. The minimum absolute atomic E-state index is 0.465. The fourth-order valence-corrected chi connectivity index (χ4v) is 2.07. The van der Waals surface area contributed by atoms with E-state index in [1.54, 1.807) is 7.11 Å². The van der Waals surface area contributed by atoms with E-state index in [-0.39, 0.29) is 0 Å². The van der Waals surface area contributed by atoms with E-state index in [2.05, 4.69) is 42.0 Å². The van der Waals surface area contributed by atoms with E-state index in [1.807, 2.05) is 12.3 Å². The maximum absolute atomic E-state index is 5.05. The number of ether oxygens (including phenoxy) is 1. The van der Waals surface area contributed by atoms with E-state index in [0.29, 0.717) is 6.04 Å². The zero-order valence-corrected chi connectivity index (χ0v) is 12.6. The Hall–Kier alpha value is -1.13. The second kappa shape index (κ2) is 8.88. The molecule has 0 fully saturated rings. The van der Waals surface area contributed by atoms with Crippen LogP contribution < -0.4 is 10.2 Å². The summed E-state index contributed by atoms with van der Waals surface area (Å²) in [6, 6.07) is 4.61. The highest BCUT2D eigenvalue weighted by Crippen LogP contribution is 2.19. The molecule has 1 rings (SSSR count). The minimum atomic E-state index is 0.465. The summed E-state index contributed by atoms with van der Waals surface area (Å²) >= 11 is 0. The van der Waals surface area contributed by atoms with Crippen molar-refractivity contribution in [2.75, 3.05) is 31.7 Å². The summed E-state index contributed by atoms with van der Waals surface area (Å²) in [6.07, 6.45) is 3.00. The molecule has 19 heavy (non-hydrogen) atoms. The number of hydrogen-bond donors (Lipinski definition) is 1. The van der Waals surface area contributed by atoms with Crippen molar-refractivity contribution in [1.82, 2.24) is 10.3 Å². The summed E-state index contributed by atoms with van der Waals surface area (Å²) in [5, 5.41) is 3.39. The van der Waals surface area contributed by atoms with Crippen molar-refractivity contribution in [2.45, 2.75) is 39.8 Å². The third kappa shape index (κ3) is 5.17. The fourth-order valence-electron chi connectivity index (χ4n) is 2.07. The van der Waals surface area contributed by atoms with Gasteiger partial charge in [-0.3, -0.25) is 0 Å². The first kappa shape index (κ1) is 15.9. The van der Waals surface area contributed by atoms with Gasteiger partial charge in [-0.25, -0.2) is 4.98 Å². The third-order valence-corrected chi connectivity index (χ3v) is 3.03. The lowest BCUT2D eigenvalue weighted by Crippen LogP contribution is -2.33. The molecule has 0 aliphatic heterocycles. The van der Waals surface area contributed by atoms with Crippen LogP contribution in [0.25, 0.3) is 0 Å². The normalized spacial score (nSPS) is 11.0. The highest BCUT2D eigenvalue weighted by Gasteiger charge is 2.14.